The number of anilines is 3. The van der Waals surface area contributed by atoms with Crippen LogP contribution in [0.25, 0.3) is 21.8 Å². The number of hydrogen-bond donors (Lipinski definition) is 10. The predicted octanol–water partition coefficient (Wildman–Crippen LogP) is 1.28. The number of nitrogens with one attached hydrogen (secondary N) is 5. The minimum absolute atomic E-state index is 0.00931. The zero-order valence-corrected chi connectivity index (χ0v) is 44.9. The maximum Gasteiger partial charge on any atom is 0.275 e. The summed E-state index contributed by atoms with van der Waals surface area (Å²) in [4.78, 5) is 113. The molecule has 3 aromatic carbocycles. The van der Waals surface area contributed by atoms with Crippen LogP contribution in [0.5, 0.6) is 0 Å². The van der Waals surface area contributed by atoms with Crippen molar-refractivity contribution in [3.05, 3.63) is 152 Å². The number of hydrogen-bond acceptors (Lipinski definition) is 18. The lowest BCUT2D eigenvalue weighted by Crippen LogP contribution is -2.44. The van der Waals surface area contributed by atoms with Crippen LogP contribution in [-0.4, -0.2) is 109 Å². The molecular weight excluding hydrogens is 1090 g/mol. The van der Waals surface area contributed by atoms with Crippen LogP contribution in [0.4, 0.5) is 17.1 Å². The number of H-pyrrole nitrogens is 1. The largest absolute Gasteiger partial charge is 0.399 e. The molecule has 0 saturated carbocycles. The maximum absolute atomic E-state index is 13.1. The van der Waals surface area contributed by atoms with E-state index in [0.717, 1.165) is 42.5 Å². The number of carbonyl (C=O) groups is 5. The first-order valence-corrected chi connectivity index (χ1v) is 27.0. The number of carbonyl (C=O) groups excluding carboxylic acids is 5. The van der Waals surface area contributed by atoms with Gasteiger partial charge in [-0.05, 0) is 103 Å². The summed E-state index contributed by atoms with van der Waals surface area (Å²) < 4.78 is 35.5. The number of benzene rings is 3. The molecule has 0 aliphatic heterocycles. The number of nitrogens with two attached hydrogens (primary N) is 5. The molecule has 0 saturated heterocycles. The summed E-state index contributed by atoms with van der Waals surface area (Å²) >= 11 is 1.14. The normalized spacial score (nSPS) is 11.8. The van der Waals surface area contributed by atoms with Gasteiger partial charge in [0.1, 0.15) is 24.5 Å². The molecule has 5 heterocycles. The Bertz CT molecular complexity index is 3880. The average molecular weight is 1150 g/mol. The van der Waals surface area contributed by atoms with E-state index < -0.39 is 69.8 Å². The molecule has 2 atom stereocenters. The quantitative estimate of drug-likeness (QED) is 0.0134. The zero-order valence-electron chi connectivity index (χ0n) is 43.3. The first-order valence-electron chi connectivity index (χ1n) is 24.6. The average Bonchev–Trinajstić information content (AvgIpc) is 4.25. The van der Waals surface area contributed by atoms with E-state index in [1.807, 2.05) is 0 Å². The molecule has 15 N–H and O–H groups in total. The highest BCUT2D eigenvalue weighted by Gasteiger charge is 2.27. The van der Waals surface area contributed by atoms with Crippen molar-refractivity contribution in [2.45, 2.75) is 69.1 Å². The number of sulfonamides is 1. The highest BCUT2D eigenvalue weighted by Crippen LogP contribution is 2.23. The van der Waals surface area contributed by atoms with Crippen LogP contribution >= 0.6 is 11.3 Å². The second-order valence-corrected chi connectivity index (χ2v) is 20.5. The molecule has 422 valence electrons. The Kier molecular flexibility index (Phi) is 19.5. The summed E-state index contributed by atoms with van der Waals surface area (Å²) in [5, 5.41) is 14.8. The highest BCUT2D eigenvalue weighted by atomic mass is 32.2. The van der Waals surface area contributed by atoms with Crippen LogP contribution in [0.1, 0.15) is 57.6 Å². The second kappa shape index (κ2) is 27.0. The van der Waals surface area contributed by atoms with Crippen LogP contribution in [0.3, 0.4) is 0 Å². The molecule has 0 radical (unpaired) electrons. The molecule has 0 aliphatic rings. The standard InChI is InChI=1S/C26H28N8O5S2.C25H28N10O5/c27-18-7-5-17-14-19(8-6-16(17)13-18)41(38,39)33-21-4-2-11-34(25(21)37)15-22(35)32-20(3-1-9-31-26(28)29)23(36)24-30-10-12-40-24;1-14-31-23(34-40-14)22(38)17(4-2-8-28-25(26)27)32-21(37)12-35-9-3-5-18(24(35)39)33-20(36)11-15-6-7-16-19(10-15)30-13-29-16/h2,4-8,10-14,20,33H,1,3,9,15,27H2,(H,32,35)(H4,28,29,31);3,5-7,9-10,13,17H,2,4,8,11-12H2,1H3,(H,29,30)(H,32,37)(H,33,36)(H4,26,27,28)/t20-;17-/m00/s1. The lowest BCUT2D eigenvalue weighted by atomic mass is 10.1. The molecule has 8 aromatic rings. The van der Waals surface area contributed by atoms with E-state index in [4.69, 9.17) is 33.2 Å². The monoisotopic (exact) mass is 1140 g/mol. The van der Waals surface area contributed by atoms with Gasteiger partial charge in [-0.3, -0.25) is 48.3 Å². The van der Waals surface area contributed by atoms with Gasteiger partial charge >= 0.3 is 0 Å². The Morgan fingerprint density at radius 3 is 1.99 bits per heavy atom. The van der Waals surface area contributed by atoms with E-state index in [-0.39, 0.29) is 83.0 Å². The number of aliphatic imine (C=N–C) groups is 2. The fraction of sp³-hybridized carbons (Fsp3) is 0.235. The van der Waals surface area contributed by atoms with Crippen molar-refractivity contribution in [2.75, 3.05) is 28.9 Å². The number of nitrogen functional groups attached to an aromatic ring is 1. The number of ketones is 2. The topological polar surface area (TPSA) is 447 Å². The van der Waals surface area contributed by atoms with Crippen LogP contribution in [-0.2, 0) is 43.9 Å². The number of amides is 3. The summed E-state index contributed by atoms with van der Waals surface area (Å²) in [6, 6.07) is 18.7. The van der Waals surface area contributed by atoms with Crippen molar-refractivity contribution >= 4 is 101 Å². The van der Waals surface area contributed by atoms with Crippen molar-refractivity contribution in [1.29, 1.82) is 0 Å². The van der Waals surface area contributed by atoms with E-state index in [2.05, 4.69) is 55.7 Å². The van der Waals surface area contributed by atoms with Gasteiger partial charge in [0.25, 0.3) is 21.1 Å². The summed E-state index contributed by atoms with van der Waals surface area (Å²) in [5.41, 5.74) is 28.4. The van der Waals surface area contributed by atoms with E-state index in [1.165, 1.54) is 61.9 Å². The van der Waals surface area contributed by atoms with Gasteiger partial charge in [-0.15, -0.1) is 11.3 Å². The Morgan fingerprint density at radius 2 is 1.37 bits per heavy atom. The van der Waals surface area contributed by atoms with E-state index in [0.29, 0.717) is 23.9 Å². The number of rotatable bonds is 24. The number of pyridine rings is 2. The fourth-order valence-electron chi connectivity index (χ4n) is 7.96. The number of aromatic nitrogens is 7. The maximum atomic E-state index is 13.1. The minimum atomic E-state index is -4.13. The van der Waals surface area contributed by atoms with Crippen molar-refractivity contribution in [3.8, 4) is 0 Å². The molecular formula is C51H56N18O10S2. The van der Waals surface area contributed by atoms with Gasteiger partial charge in [-0.2, -0.15) is 4.98 Å². The van der Waals surface area contributed by atoms with Gasteiger partial charge < -0.3 is 63.3 Å². The van der Waals surface area contributed by atoms with Crippen LogP contribution in [0.2, 0.25) is 0 Å². The lowest BCUT2D eigenvalue weighted by molar-refractivity contribution is -0.123. The number of aryl methyl sites for hydroxylation is 1. The number of imidazole rings is 1. The Balaban J connectivity index is 0.000000234. The number of nitrogens with zero attached hydrogens (tertiary/aromatic N) is 8. The fourth-order valence-corrected chi connectivity index (χ4v) is 9.69. The number of thiazole rings is 1. The van der Waals surface area contributed by atoms with Gasteiger partial charge in [0, 0.05) is 49.7 Å². The molecule has 0 aliphatic carbocycles. The van der Waals surface area contributed by atoms with Crippen molar-refractivity contribution in [1.82, 2.24) is 44.9 Å². The Hall–Kier alpha value is -10.1. The molecule has 0 bridgehead atoms. The molecule has 8 rings (SSSR count). The number of fused-ring (bicyclic) bond motifs is 2. The van der Waals surface area contributed by atoms with Crippen molar-refractivity contribution in [2.24, 2.45) is 32.9 Å². The van der Waals surface area contributed by atoms with Gasteiger partial charge in [0.05, 0.1) is 40.8 Å². The van der Waals surface area contributed by atoms with E-state index >= 15 is 0 Å². The van der Waals surface area contributed by atoms with Crippen molar-refractivity contribution < 1.29 is 36.9 Å². The van der Waals surface area contributed by atoms with Gasteiger partial charge in [0.2, 0.25) is 41.0 Å². The van der Waals surface area contributed by atoms with Gasteiger partial charge in [-0.1, -0.05) is 23.4 Å². The van der Waals surface area contributed by atoms with Crippen LogP contribution in [0.15, 0.2) is 138 Å². The van der Waals surface area contributed by atoms with E-state index in [1.54, 1.807) is 54.2 Å². The molecule has 30 heteroatoms. The second-order valence-electron chi connectivity index (χ2n) is 17.9. The third kappa shape index (κ3) is 16.5. The van der Waals surface area contributed by atoms with Crippen molar-refractivity contribution in [3.63, 3.8) is 0 Å². The third-order valence-corrected chi connectivity index (χ3v) is 13.9. The number of guanidine groups is 2. The van der Waals surface area contributed by atoms with Crippen LogP contribution < -0.4 is 60.5 Å². The Morgan fingerprint density at radius 1 is 0.753 bits per heavy atom. The predicted molar refractivity (Wildman–Crippen MR) is 302 cm³/mol. The molecule has 5 aromatic heterocycles. The number of Topliss-reactive ketones (excluding diaryl/α,β-unsaturated/α-hetero) is 2. The lowest BCUT2D eigenvalue weighted by Gasteiger charge is -2.17. The third-order valence-electron chi connectivity index (χ3n) is 11.8. The number of aromatic amines is 1. The Labute approximate surface area is 464 Å². The molecule has 28 nitrogen and oxygen atoms in total. The summed E-state index contributed by atoms with van der Waals surface area (Å²) in [6.07, 6.45) is 7.02. The SMILES string of the molecule is Cc1nc(C(=O)[C@H](CCCN=C(N)N)NC(=O)Cn2cccc(NC(=O)Cc3ccc4nc[nH]c4c3)c2=O)no1.NC(N)=NCCC[C@H](NC(=O)Cn1cccc(NS(=O)(=O)c2ccc3cc(N)ccc3c2)c1=O)C(=O)c1nccs1. The molecule has 3 amide bonds. The zero-order chi connectivity index (χ0) is 58.2. The molecule has 0 unspecified atom stereocenters. The van der Waals surface area contributed by atoms with Crippen LogP contribution in [0, 0.1) is 6.92 Å². The molecule has 0 fully saturated rings. The summed E-state index contributed by atoms with van der Waals surface area (Å²) in [5.74, 6) is -2.75. The first kappa shape index (κ1) is 58.6. The van der Waals surface area contributed by atoms with Gasteiger partial charge in [-0.25, -0.2) is 18.4 Å². The minimum Gasteiger partial charge on any atom is -0.399 e. The highest BCUT2D eigenvalue weighted by molar-refractivity contribution is 7.92. The van der Waals surface area contributed by atoms with E-state index in [9.17, 15) is 42.0 Å². The summed E-state index contributed by atoms with van der Waals surface area (Å²) in [7, 11) is -4.13. The first-order chi connectivity index (χ1) is 38.7. The molecule has 0 spiro atoms. The van der Waals surface area contributed by atoms with Gasteiger partial charge in [0.15, 0.2) is 16.9 Å². The molecule has 81 heavy (non-hydrogen) atoms. The smallest absolute Gasteiger partial charge is 0.275 e. The summed E-state index contributed by atoms with van der Waals surface area (Å²) in [6.45, 7) is 1.17.